The molecule has 0 atom stereocenters. The number of hydrogen-bond donors (Lipinski definition) is 3. The van der Waals surface area contributed by atoms with Crippen molar-refractivity contribution in [1.29, 1.82) is 5.26 Å². The number of nitrogens with zero attached hydrogens (tertiary/aromatic N) is 8. The van der Waals surface area contributed by atoms with E-state index in [9.17, 15) is 15.2 Å². The number of anilines is 3. The van der Waals surface area contributed by atoms with Crippen molar-refractivity contribution in [3.8, 4) is 23.2 Å². The average molecular weight is 621 g/mol. The zero-order valence-electron chi connectivity index (χ0n) is 25.8. The fourth-order valence-electron chi connectivity index (χ4n) is 5.93. The Morgan fingerprint density at radius 3 is 2.37 bits per heavy atom. The number of ether oxygens (including phenoxy) is 1. The second-order valence-corrected chi connectivity index (χ2v) is 11.9. The van der Waals surface area contributed by atoms with Crippen LogP contribution in [0, 0.1) is 11.3 Å². The normalized spacial score (nSPS) is 18.5. The Balaban J connectivity index is 1.15. The maximum Gasteiger partial charge on any atom is 0.323 e. The molecule has 1 aliphatic carbocycles. The number of carbonyl (C=O) groups is 1. The van der Waals surface area contributed by atoms with Gasteiger partial charge in [-0.15, -0.1) is 0 Å². The van der Waals surface area contributed by atoms with Crippen LogP contribution in [0.4, 0.5) is 22.4 Å². The number of amides is 2. The molecule has 4 heterocycles. The number of nitrogens with one attached hydrogen (secondary N) is 2. The highest BCUT2D eigenvalue weighted by molar-refractivity contribution is 5.91. The molecule has 3 aromatic heterocycles. The summed E-state index contributed by atoms with van der Waals surface area (Å²) in [4.78, 5) is 39.4. The lowest BCUT2D eigenvalue weighted by Gasteiger charge is -2.45. The van der Waals surface area contributed by atoms with Gasteiger partial charge in [0.2, 0.25) is 5.95 Å². The molecule has 1 aliphatic heterocycles. The van der Waals surface area contributed by atoms with Crippen LogP contribution >= 0.6 is 0 Å². The molecule has 0 radical (unpaired) electrons. The third-order valence-electron chi connectivity index (χ3n) is 8.29. The first-order valence-electron chi connectivity index (χ1n) is 15.3. The fourth-order valence-corrected chi connectivity index (χ4v) is 5.93. The second-order valence-electron chi connectivity index (χ2n) is 11.9. The van der Waals surface area contributed by atoms with Gasteiger partial charge >= 0.3 is 12.0 Å². The van der Waals surface area contributed by atoms with E-state index in [4.69, 9.17) is 9.72 Å². The molecule has 0 unspecified atom stereocenters. The maximum absolute atomic E-state index is 13.7. The van der Waals surface area contributed by atoms with E-state index in [1.165, 1.54) is 13.3 Å². The molecule has 13 nitrogen and oxygen atoms in total. The fraction of sp³-hybridized carbons (Fsp3) is 0.364. The van der Waals surface area contributed by atoms with E-state index in [0.29, 0.717) is 42.8 Å². The highest BCUT2D eigenvalue weighted by atomic mass is 16.5. The molecule has 1 aromatic carbocycles. The van der Waals surface area contributed by atoms with Crippen LogP contribution in [0.3, 0.4) is 0 Å². The van der Waals surface area contributed by atoms with Crippen molar-refractivity contribution in [1.82, 2.24) is 30.2 Å². The largest absolute Gasteiger partial charge is 0.467 e. The molecule has 0 spiro atoms. The van der Waals surface area contributed by atoms with Gasteiger partial charge in [-0.2, -0.15) is 10.2 Å². The summed E-state index contributed by atoms with van der Waals surface area (Å²) in [5.41, 5.74) is 2.21. The Hall–Kier alpha value is -5.35. The maximum atomic E-state index is 13.7. The summed E-state index contributed by atoms with van der Waals surface area (Å²) in [5.74, 6) is 1.53. The van der Waals surface area contributed by atoms with Gasteiger partial charge < -0.3 is 25.4 Å². The average Bonchev–Trinajstić information content (AvgIpc) is 3.08. The minimum absolute atomic E-state index is 0.0720. The third kappa shape index (κ3) is 6.97. The molecule has 46 heavy (non-hydrogen) atoms. The third-order valence-corrected chi connectivity index (χ3v) is 8.29. The number of benzene rings is 1. The van der Waals surface area contributed by atoms with Crippen LogP contribution in [0.2, 0.25) is 0 Å². The van der Waals surface area contributed by atoms with Gasteiger partial charge in [-0.3, -0.25) is 4.90 Å². The number of methoxy groups -OCH3 is 1. The first-order chi connectivity index (χ1) is 22.3. The Morgan fingerprint density at radius 2 is 1.74 bits per heavy atom. The van der Waals surface area contributed by atoms with Crippen molar-refractivity contribution in [2.24, 2.45) is 0 Å². The van der Waals surface area contributed by atoms with E-state index < -0.39 is 5.60 Å². The van der Waals surface area contributed by atoms with E-state index in [0.717, 1.165) is 42.4 Å². The van der Waals surface area contributed by atoms with Crippen LogP contribution in [-0.2, 0) is 6.54 Å². The predicted octanol–water partition coefficient (Wildman–Crippen LogP) is 3.92. The number of pyridine rings is 1. The number of hydrogen-bond acceptors (Lipinski definition) is 11. The number of urea groups is 1. The van der Waals surface area contributed by atoms with Crippen LogP contribution < -0.4 is 25.2 Å². The summed E-state index contributed by atoms with van der Waals surface area (Å²) < 4.78 is 5.06. The summed E-state index contributed by atoms with van der Waals surface area (Å²) in [6.07, 6.45) is 9.65. The topological polar surface area (TPSA) is 165 Å². The SMILES string of the molecule is COc1ncc(-c2ccc(N(C(=O)NCc3ccccc3)[C@H]3CC[C@H](Nc4ncc(C#N)c(N5CC(C)(O)C5)n4)CC3)nc2)cn1. The minimum atomic E-state index is -0.789. The lowest BCUT2D eigenvalue weighted by Crippen LogP contribution is -2.60. The molecule has 236 valence electrons. The quantitative estimate of drug-likeness (QED) is 0.248. The van der Waals surface area contributed by atoms with Gasteiger partial charge in [0, 0.05) is 61.4 Å². The van der Waals surface area contributed by atoms with E-state index in [-0.39, 0.29) is 24.1 Å². The Kier molecular flexibility index (Phi) is 8.89. The molecular formula is C33H36N10O3. The summed E-state index contributed by atoms with van der Waals surface area (Å²) in [6, 6.07) is 15.8. The molecular weight excluding hydrogens is 584 g/mol. The molecule has 13 heteroatoms. The highest BCUT2D eigenvalue weighted by Crippen LogP contribution is 2.31. The second kappa shape index (κ2) is 13.3. The molecule has 1 saturated heterocycles. The van der Waals surface area contributed by atoms with Gasteiger partial charge in [0.25, 0.3) is 0 Å². The van der Waals surface area contributed by atoms with Crippen LogP contribution in [0.25, 0.3) is 11.1 Å². The number of aliphatic hydroxyl groups is 1. The number of rotatable bonds is 9. The molecule has 2 amide bonds. The van der Waals surface area contributed by atoms with E-state index >= 15 is 0 Å². The predicted molar refractivity (Wildman–Crippen MR) is 172 cm³/mol. The number of nitriles is 1. The number of aromatic nitrogens is 5. The summed E-state index contributed by atoms with van der Waals surface area (Å²) in [7, 11) is 1.52. The van der Waals surface area contributed by atoms with Gasteiger partial charge in [0.1, 0.15) is 17.5 Å². The van der Waals surface area contributed by atoms with Gasteiger partial charge in [-0.25, -0.2) is 24.7 Å². The van der Waals surface area contributed by atoms with Crippen LogP contribution in [0.15, 0.2) is 67.3 Å². The van der Waals surface area contributed by atoms with Crippen molar-refractivity contribution in [2.45, 2.75) is 56.8 Å². The lowest BCUT2D eigenvalue weighted by atomic mass is 9.90. The van der Waals surface area contributed by atoms with E-state index in [1.807, 2.05) is 47.4 Å². The highest BCUT2D eigenvalue weighted by Gasteiger charge is 2.39. The van der Waals surface area contributed by atoms with Crippen LogP contribution in [0.1, 0.15) is 43.7 Å². The Morgan fingerprint density at radius 1 is 1.02 bits per heavy atom. The molecule has 2 aliphatic rings. The van der Waals surface area contributed by atoms with Gasteiger partial charge in [-0.05, 0) is 50.3 Å². The smallest absolute Gasteiger partial charge is 0.323 e. The van der Waals surface area contributed by atoms with Crippen LogP contribution in [-0.4, -0.2) is 73.9 Å². The summed E-state index contributed by atoms with van der Waals surface area (Å²) >= 11 is 0. The van der Waals surface area contributed by atoms with Crippen molar-refractivity contribution in [3.63, 3.8) is 0 Å². The monoisotopic (exact) mass is 620 g/mol. The molecule has 2 fully saturated rings. The van der Waals surface area contributed by atoms with Crippen LogP contribution in [0.5, 0.6) is 6.01 Å². The molecule has 0 bridgehead atoms. The van der Waals surface area contributed by atoms with Gasteiger partial charge in [-0.1, -0.05) is 30.3 Å². The van der Waals surface area contributed by atoms with Gasteiger partial charge in [0.05, 0.1) is 18.9 Å². The first kappa shape index (κ1) is 30.7. The molecule has 3 N–H and O–H groups in total. The van der Waals surface area contributed by atoms with Crippen molar-refractivity contribution in [3.05, 3.63) is 78.4 Å². The summed E-state index contributed by atoms with van der Waals surface area (Å²) in [5, 5.41) is 26.2. The van der Waals surface area contributed by atoms with Gasteiger partial charge in [0.15, 0.2) is 5.82 Å². The zero-order valence-corrected chi connectivity index (χ0v) is 25.8. The molecule has 4 aromatic rings. The van der Waals surface area contributed by atoms with Crippen molar-refractivity contribution in [2.75, 3.05) is 35.3 Å². The van der Waals surface area contributed by atoms with Crippen molar-refractivity contribution < 1.29 is 14.6 Å². The standard InChI is InChI=1S/C33H36N10O3/c1-33(45)20-42(21-33)29-24(14-34)17-36-30(41-29)40-26-9-11-27(12-10-26)43(32(44)39-15-22-6-4-3-5-7-22)28-13-8-23(16-35-28)25-18-37-31(46-2)38-19-25/h3-8,13,16-19,26-27,45H,9-12,15,20-21H2,1-2H3,(H,39,44)(H,36,40,41)/t26-,27-. The molecule has 1 saturated carbocycles. The summed E-state index contributed by atoms with van der Waals surface area (Å²) in [6.45, 7) is 2.99. The first-order valence-corrected chi connectivity index (χ1v) is 15.3. The number of β-amino-alcohol motifs (C(OH)–C–C–N with tert-alkyl or cyclic N) is 1. The Labute approximate surface area is 267 Å². The molecule has 6 rings (SSSR count). The van der Waals surface area contributed by atoms with E-state index in [2.05, 4.69) is 36.6 Å². The number of carbonyl (C=O) groups excluding carboxylic acids is 1. The zero-order chi connectivity index (χ0) is 32.1. The Bertz CT molecular complexity index is 1680. The lowest BCUT2D eigenvalue weighted by molar-refractivity contribution is 0.0305. The van der Waals surface area contributed by atoms with E-state index in [1.54, 1.807) is 30.4 Å². The van der Waals surface area contributed by atoms with Crippen molar-refractivity contribution >= 4 is 23.6 Å². The minimum Gasteiger partial charge on any atom is -0.467 e.